The number of hydrogen-bond acceptors (Lipinski definition) is 10. The molecule has 12 heteroatoms. The van der Waals surface area contributed by atoms with E-state index in [-0.39, 0.29) is 18.2 Å². The summed E-state index contributed by atoms with van der Waals surface area (Å²) in [4.78, 5) is 53.0. The summed E-state index contributed by atoms with van der Waals surface area (Å²) in [6, 6.07) is 113. The van der Waals surface area contributed by atoms with Gasteiger partial charge < -0.3 is 29.4 Å². The Morgan fingerprint density at radius 2 is 0.500 bits per heavy atom. The molecule has 0 saturated carbocycles. The topological polar surface area (TPSA) is 111 Å². The number of aldehydes is 1. The third kappa shape index (κ3) is 24.5. The van der Waals surface area contributed by atoms with Gasteiger partial charge >= 0.3 is 5.97 Å². The number of hydrogen-bond donors (Lipinski definition) is 1. The smallest absolute Gasteiger partial charge is 0.331 e. The molecule has 0 aromatic heterocycles. The van der Waals surface area contributed by atoms with Crippen molar-refractivity contribution in [2.45, 2.75) is 52.7 Å². The molecule has 0 aliphatic rings. The summed E-state index contributed by atoms with van der Waals surface area (Å²) in [5.74, 6) is -0.311. The van der Waals surface area contributed by atoms with Gasteiger partial charge in [-0.3, -0.25) is 14.4 Å². The van der Waals surface area contributed by atoms with Crippen molar-refractivity contribution >= 4 is 132 Å². The molecular formula is C90H82Cl2N4O6. The molecule has 0 amide bonds. The Balaban J connectivity index is 0.000000169. The van der Waals surface area contributed by atoms with Crippen molar-refractivity contribution in [1.29, 1.82) is 0 Å². The van der Waals surface area contributed by atoms with Gasteiger partial charge in [-0.1, -0.05) is 208 Å². The molecule has 0 fully saturated rings. The minimum Gasteiger partial charge on any atom is -0.460 e. The van der Waals surface area contributed by atoms with Crippen molar-refractivity contribution in [3.63, 3.8) is 0 Å². The van der Waals surface area contributed by atoms with Gasteiger partial charge in [0, 0.05) is 79.9 Å². The standard InChI is InChI=1S/C25H25NO2.2C21H16ClNO.C19H15NO.C4H10O/c1-3-20(2)28-25(27)19-16-21-14-17-24(18-15-21)26(22-10-6-4-7-11-22)23-12-8-5-9-13-23;2*22-21(24)16-13-17-11-14-20(15-12-17)23(18-7-3-1-4-8-18)19-9-5-2-6-10-19;21-15-16-11-13-19(14-12-16)20(17-7-3-1-4-8-17)18-9-5-2-6-10-18;1-3-4(2)5/h4-20H,3H2,1-2H3;2*1-16H;1-15H;4-5H,3H2,1-2H3/b19-16+;2*16-13+;;. The van der Waals surface area contributed by atoms with Crippen LogP contribution in [-0.4, -0.2) is 40.1 Å². The molecule has 0 bridgehead atoms. The minimum absolute atomic E-state index is 0.0650. The quantitative estimate of drug-likeness (QED) is 0.0305. The van der Waals surface area contributed by atoms with Crippen LogP contribution >= 0.6 is 23.2 Å². The van der Waals surface area contributed by atoms with Crippen LogP contribution in [0.3, 0.4) is 0 Å². The number of anilines is 12. The van der Waals surface area contributed by atoms with Crippen LogP contribution in [0.4, 0.5) is 68.2 Å². The SMILES string of the molecule is CCC(C)O.CCC(C)OC(=O)/C=C/c1ccc(N(c2ccccc2)c2ccccc2)cc1.O=C(Cl)/C=C/c1ccc(N(c2ccccc2)c2ccccc2)cc1.O=C(Cl)/C=C/c1ccc(N(c2ccccc2)c2ccccc2)cc1.O=Cc1ccc(N(c2ccccc2)c2ccccc2)cc1. The van der Waals surface area contributed by atoms with Gasteiger partial charge in [-0.2, -0.15) is 0 Å². The summed E-state index contributed by atoms with van der Waals surface area (Å²) in [6.07, 6.45) is 11.7. The van der Waals surface area contributed by atoms with Crippen molar-refractivity contribution < 1.29 is 29.0 Å². The Labute approximate surface area is 610 Å². The average Bonchev–Trinajstić information content (AvgIpc) is 0.838. The molecule has 10 nitrogen and oxygen atoms in total. The van der Waals surface area contributed by atoms with Gasteiger partial charge in [-0.25, -0.2) is 4.79 Å². The number of para-hydroxylation sites is 8. The van der Waals surface area contributed by atoms with Gasteiger partial charge in [0.1, 0.15) is 6.29 Å². The third-order valence-corrected chi connectivity index (χ3v) is 15.8. The zero-order valence-electron chi connectivity index (χ0n) is 57.5. The van der Waals surface area contributed by atoms with E-state index in [1.807, 2.05) is 251 Å². The van der Waals surface area contributed by atoms with Crippen LogP contribution in [0.15, 0.2) is 358 Å². The van der Waals surface area contributed by atoms with E-state index in [2.05, 4.69) is 129 Å². The van der Waals surface area contributed by atoms with E-state index < -0.39 is 10.5 Å². The fourth-order valence-electron chi connectivity index (χ4n) is 10.1. The van der Waals surface area contributed by atoms with Gasteiger partial charge in [0.05, 0.1) is 12.2 Å². The fraction of sp³-hybridized carbons (Fsp3) is 0.0889. The molecule has 0 aliphatic heterocycles. The molecule has 102 heavy (non-hydrogen) atoms. The lowest BCUT2D eigenvalue weighted by molar-refractivity contribution is -0.142. The summed E-state index contributed by atoms with van der Waals surface area (Å²) >= 11 is 10.7. The van der Waals surface area contributed by atoms with Crippen molar-refractivity contribution in [2.24, 2.45) is 0 Å². The van der Waals surface area contributed by atoms with Crippen molar-refractivity contribution in [1.82, 2.24) is 0 Å². The summed E-state index contributed by atoms with van der Waals surface area (Å²) in [5.41, 5.74) is 16.3. The molecule has 0 spiro atoms. The van der Waals surface area contributed by atoms with E-state index in [4.69, 9.17) is 33.0 Å². The van der Waals surface area contributed by atoms with Crippen molar-refractivity contribution in [3.8, 4) is 0 Å². The van der Waals surface area contributed by atoms with Crippen LogP contribution in [0, 0.1) is 0 Å². The molecule has 12 aromatic carbocycles. The predicted molar refractivity (Wildman–Crippen MR) is 427 cm³/mol. The number of esters is 1. The first-order valence-corrected chi connectivity index (χ1v) is 34.3. The van der Waals surface area contributed by atoms with Gasteiger partial charge in [-0.05, 0) is 243 Å². The second-order valence-electron chi connectivity index (χ2n) is 23.0. The number of ether oxygens (including phenoxy) is 1. The number of rotatable bonds is 22. The highest BCUT2D eigenvalue weighted by molar-refractivity contribution is 6.67. The highest BCUT2D eigenvalue weighted by atomic mass is 35.5. The van der Waals surface area contributed by atoms with Gasteiger partial charge in [0.15, 0.2) is 0 Å². The maximum Gasteiger partial charge on any atom is 0.331 e. The van der Waals surface area contributed by atoms with Crippen LogP contribution in [-0.2, 0) is 19.1 Å². The maximum atomic E-state index is 11.8. The minimum atomic E-state index is -0.478. The number of benzene rings is 12. The lowest BCUT2D eigenvalue weighted by Gasteiger charge is -2.25. The van der Waals surface area contributed by atoms with Crippen LogP contribution in [0.1, 0.15) is 67.6 Å². The van der Waals surface area contributed by atoms with E-state index >= 15 is 0 Å². The van der Waals surface area contributed by atoms with E-state index in [9.17, 15) is 19.2 Å². The zero-order valence-corrected chi connectivity index (χ0v) is 59.0. The van der Waals surface area contributed by atoms with Crippen LogP contribution in [0.5, 0.6) is 0 Å². The first-order chi connectivity index (χ1) is 49.8. The second kappa shape index (κ2) is 41.5. The lowest BCUT2D eigenvalue weighted by Crippen LogP contribution is -2.11. The molecule has 2 unspecified atom stereocenters. The maximum absolute atomic E-state index is 11.8. The Hall–Kier alpha value is -11.9. The number of aliphatic hydroxyl groups is 1. The first-order valence-electron chi connectivity index (χ1n) is 33.6. The number of carbonyl (C=O) groups excluding carboxylic acids is 4. The average molecular weight is 1390 g/mol. The Morgan fingerprint density at radius 1 is 0.314 bits per heavy atom. The Kier molecular flexibility index (Phi) is 30.8. The second-order valence-corrected chi connectivity index (χ2v) is 23.8. The normalized spacial score (nSPS) is 11.1. The predicted octanol–water partition coefficient (Wildman–Crippen LogP) is 24.1. The summed E-state index contributed by atoms with van der Waals surface area (Å²) in [7, 11) is 0. The molecule has 0 aliphatic carbocycles. The summed E-state index contributed by atoms with van der Waals surface area (Å²) in [6.45, 7) is 7.61. The van der Waals surface area contributed by atoms with E-state index in [0.717, 1.165) is 104 Å². The number of aliphatic hydroxyl groups excluding tert-OH is 1. The fourth-order valence-corrected chi connectivity index (χ4v) is 10.2. The van der Waals surface area contributed by atoms with E-state index in [1.165, 1.54) is 18.2 Å². The molecule has 0 heterocycles. The van der Waals surface area contributed by atoms with Crippen LogP contribution < -0.4 is 19.6 Å². The highest BCUT2D eigenvalue weighted by Gasteiger charge is 2.16. The molecule has 0 radical (unpaired) electrons. The Morgan fingerprint density at radius 3 is 0.676 bits per heavy atom. The van der Waals surface area contributed by atoms with Crippen LogP contribution in [0.25, 0.3) is 18.2 Å². The number of halogens is 2. The van der Waals surface area contributed by atoms with Crippen molar-refractivity contribution in [2.75, 3.05) is 19.6 Å². The highest BCUT2D eigenvalue weighted by Crippen LogP contribution is 2.38. The first kappa shape index (κ1) is 75.8. The molecule has 0 saturated heterocycles. The van der Waals surface area contributed by atoms with Gasteiger partial charge in [0.25, 0.3) is 0 Å². The Bertz CT molecular complexity index is 4200. The number of carbonyl (C=O) groups is 4. The molecular weight excluding hydrogens is 1300 g/mol. The van der Waals surface area contributed by atoms with E-state index in [0.29, 0.717) is 5.56 Å². The molecule has 1 N–H and O–H groups in total. The largest absolute Gasteiger partial charge is 0.460 e. The van der Waals surface area contributed by atoms with Crippen molar-refractivity contribution in [3.05, 3.63) is 380 Å². The third-order valence-electron chi connectivity index (χ3n) is 15.6. The number of nitrogens with zero attached hydrogens (tertiary/aromatic N) is 4. The molecule has 2 atom stereocenters. The van der Waals surface area contributed by atoms with Gasteiger partial charge in [-0.15, -0.1) is 0 Å². The van der Waals surface area contributed by atoms with Crippen LogP contribution in [0.2, 0.25) is 0 Å². The van der Waals surface area contributed by atoms with E-state index in [1.54, 1.807) is 25.2 Å². The zero-order chi connectivity index (χ0) is 72.1. The lowest BCUT2D eigenvalue weighted by atomic mass is 10.1. The van der Waals surface area contributed by atoms with Gasteiger partial charge in [0.2, 0.25) is 10.5 Å². The molecule has 12 rings (SSSR count). The molecule has 512 valence electrons. The summed E-state index contributed by atoms with van der Waals surface area (Å²) < 4.78 is 5.26. The number of allylic oxidation sites excluding steroid dienone is 2. The molecule has 12 aromatic rings. The summed E-state index contributed by atoms with van der Waals surface area (Å²) in [5, 5.41) is 7.41. The monoisotopic (exact) mass is 1380 g/mol.